The molecule has 0 saturated heterocycles. The zero-order valence-electron chi connectivity index (χ0n) is 10.7. The number of fused-ring (bicyclic) bond motifs is 1. The molecule has 5 nitrogen and oxygen atoms in total. The molecule has 0 atom stereocenters. The Balaban J connectivity index is 1.97. The predicted octanol–water partition coefficient (Wildman–Crippen LogP) is 2.63. The molecule has 1 aliphatic rings. The van der Waals surface area contributed by atoms with Crippen LogP contribution in [0, 0.1) is 0 Å². The zero-order valence-corrected chi connectivity index (χ0v) is 11.5. The predicted molar refractivity (Wildman–Crippen MR) is 73.9 cm³/mol. The summed E-state index contributed by atoms with van der Waals surface area (Å²) in [6, 6.07) is 7.20. The summed E-state index contributed by atoms with van der Waals surface area (Å²) in [5.41, 5.74) is 3.40. The number of hydrogen-bond donors (Lipinski definition) is 0. The minimum Gasteiger partial charge on any atom is -0.351 e. The molecular formula is C14H11ClN2O3. The van der Waals surface area contributed by atoms with E-state index in [0.717, 1.165) is 23.2 Å². The lowest BCUT2D eigenvalue weighted by atomic mass is 10.1. The molecule has 1 aromatic heterocycles. The van der Waals surface area contributed by atoms with Gasteiger partial charge < -0.3 is 9.42 Å². The molecule has 3 rings (SSSR count). The molecular weight excluding hydrogens is 280 g/mol. The van der Waals surface area contributed by atoms with Crippen LogP contribution in [0.15, 0.2) is 28.8 Å². The standard InChI is InChI=1S/C14H11ClN2O3/c1-8(18)17-5-4-10-6-9(2-3-12(10)17)11-7-13(14(15)19)20-16-11/h2-3,6-7H,4-5H2,1H3. The lowest BCUT2D eigenvalue weighted by Gasteiger charge is -2.14. The van der Waals surface area contributed by atoms with E-state index in [0.29, 0.717) is 12.2 Å². The number of carbonyl (C=O) groups excluding carboxylic acids is 2. The first-order chi connectivity index (χ1) is 9.56. The van der Waals surface area contributed by atoms with E-state index in [1.54, 1.807) is 11.8 Å². The first-order valence-electron chi connectivity index (χ1n) is 6.14. The Morgan fingerprint density at radius 1 is 1.35 bits per heavy atom. The minimum atomic E-state index is -0.673. The highest BCUT2D eigenvalue weighted by atomic mass is 35.5. The SMILES string of the molecule is CC(=O)N1CCc2cc(-c3cc(C(=O)Cl)on3)ccc21. The van der Waals surface area contributed by atoms with E-state index >= 15 is 0 Å². The quantitative estimate of drug-likeness (QED) is 0.798. The maximum absolute atomic E-state index is 11.5. The van der Waals surface area contributed by atoms with Gasteiger partial charge in [-0.05, 0) is 35.7 Å². The van der Waals surface area contributed by atoms with Crippen LogP contribution >= 0.6 is 11.6 Å². The maximum Gasteiger partial charge on any atom is 0.290 e. The molecule has 20 heavy (non-hydrogen) atoms. The van der Waals surface area contributed by atoms with Gasteiger partial charge in [-0.1, -0.05) is 11.2 Å². The van der Waals surface area contributed by atoms with Crippen molar-refractivity contribution in [2.75, 3.05) is 11.4 Å². The molecule has 0 aliphatic carbocycles. The van der Waals surface area contributed by atoms with E-state index in [4.69, 9.17) is 16.1 Å². The molecule has 2 aromatic rings. The summed E-state index contributed by atoms with van der Waals surface area (Å²) >= 11 is 5.33. The minimum absolute atomic E-state index is 0.0209. The summed E-state index contributed by atoms with van der Waals surface area (Å²) in [5, 5.41) is 3.15. The van der Waals surface area contributed by atoms with Crippen LogP contribution in [0.2, 0.25) is 0 Å². The van der Waals surface area contributed by atoms with Crippen molar-refractivity contribution in [1.82, 2.24) is 5.16 Å². The van der Waals surface area contributed by atoms with Gasteiger partial charge in [0.15, 0.2) is 0 Å². The molecule has 0 spiro atoms. The van der Waals surface area contributed by atoms with E-state index in [-0.39, 0.29) is 11.7 Å². The summed E-state index contributed by atoms with van der Waals surface area (Å²) in [7, 11) is 0. The number of carbonyl (C=O) groups is 2. The second-order valence-electron chi connectivity index (χ2n) is 4.61. The maximum atomic E-state index is 11.5. The molecule has 1 aliphatic heterocycles. The van der Waals surface area contributed by atoms with Crippen molar-refractivity contribution in [3.8, 4) is 11.3 Å². The lowest BCUT2D eigenvalue weighted by molar-refractivity contribution is -0.116. The van der Waals surface area contributed by atoms with Crippen LogP contribution in [0.1, 0.15) is 23.0 Å². The van der Waals surface area contributed by atoms with Crippen molar-refractivity contribution >= 4 is 28.4 Å². The normalized spacial score (nSPS) is 13.4. The van der Waals surface area contributed by atoms with Crippen molar-refractivity contribution in [3.05, 3.63) is 35.6 Å². The Morgan fingerprint density at radius 3 is 2.80 bits per heavy atom. The first-order valence-corrected chi connectivity index (χ1v) is 6.52. The smallest absolute Gasteiger partial charge is 0.290 e. The number of hydrogen-bond acceptors (Lipinski definition) is 4. The Kier molecular flexibility index (Phi) is 3.06. The Bertz CT molecular complexity index is 708. The fourth-order valence-electron chi connectivity index (χ4n) is 2.39. The van der Waals surface area contributed by atoms with Gasteiger partial charge in [0, 0.05) is 30.8 Å². The van der Waals surface area contributed by atoms with E-state index < -0.39 is 5.24 Å². The number of anilines is 1. The van der Waals surface area contributed by atoms with Crippen LogP contribution in [0.3, 0.4) is 0 Å². The Hall–Kier alpha value is -2.14. The number of amides is 1. The van der Waals surface area contributed by atoms with Crippen LogP contribution in [0.4, 0.5) is 5.69 Å². The van der Waals surface area contributed by atoms with Crippen molar-refractivity contribution < 1.29 is 14.1 Å². The molecule has 0 bridgehead atoms. The van der Waals surface area contributed by atoms with Crippen LogP contribution < -0.4 is 4.90 Å². The summed E-state index contributed by atoms with van der Waals surface area (Å²) in [6.45, 7) is 2.25. The van der Waals surface area contributed by atoms with E-state index in [9.17, 15) is 9.59 Å². The topological polar surface area (TPSA) is 63.4 Å². The summed E-state index contributed by atoms with van der Waals surface area (Å²) in [5.74, 6) is 0.0560. The molecule has 0 saturated carbocycles. The van der Waals surface area contributed by atoms with Gasteiger partial charge in [0.1, 0.15) is 5.69 Å². The summed E-state index contributed by atoms with van der Waals surface area (Å²) < 4.78 is 4.86. The highest BCUT2D eigenvalue weighted by Crippen LogP contribution is 2.32. The Labute approximate surface area is 120 Å². The number of halogens is 1. The van der Waals surface area contributed by atoms with Crippen molar-refractivity contribution in [3.63, 3.8) is 0 Å². The number of nitrogens with zero attached hydrogens (tertiary/aromatic N) is 2. The molecule has 2 heterocycles. The monoisotopic (exact) mass is 290 g/mol. The molecule has 1 aromatic carbocycles. The van der Waals surface area contributed by atoms with Crippen LogP contribution in [-0.4, -0.2) is 22.9 Å². The second kappa shape index (κ2) is 4.76. The van der Waals surface area contributed by atoms with Crippen LogP contribution in [0.5, 0.6) is 0 Å². The summed E-state index contributed by atoms with van der Waals surface area (Å²) in [4.78, 5) is 24.2. The largest absolute Gasteiger partial charge is 0.351 e. The molecule has 0 radical (unpaired) electrons. The second-order valence-corrected chi connectivity index (χ2v) is 4.96. The van der Waals surface area contributed by atoms with Crippen molar-refractivity contribution in [1.29, 1.82) is 0 Å². The third-order valence-electron chi connectivity index (χ3n) is 3.35. The van der Waals surface area contributed by atoms with E-state index in [1.165, 1.54) is 6.07 Å². The molecule has 1 amide bonds. The number of aromatic nitrogens is 1. The molecule has 0 unspecified atom stereocenters. The van der Waals surface area contributed by atoms with Gasteiger partial charge in [0.25, 0.3) is 5.24 Å². The first kappa shape index (κ1) is 12.9. The van der Waals surface area contributed by atoms with Crippen molar-refractivity contribution in [2.24, 2.45) is 0 Å². The third-order valence-corrected chi connectivity index (χ3v) is 3.54. The van der Waals surface area contributed by atoms with Crippen LogP contribution in [0.25, 0.3) is 11.3 Å². The van der Waals surface area contributed by atoms with Crippen LogP contribution in [-0.2, 0) is 11.2 Å². The third kappa shape index (κ3) is 2.10. The molecule has 0 fully saturated rings. The Morgan fingerprint density at radius 2 is 2.15 bits per heavy atom. The lowest BCUT2D eigenvalue weighted by Crippen LogP contribution is -2.25. The highest BCUT2D eigenvalue weighted by molar-refractivity contribution is 6.67. The molecule has 102 valence electrons. The number of benzene rings is 1. The van der Waals surface area contributed by atoms with Gasteiger partial charge in [0.05, 0.1) is 0 Å². The van der Waals surface area contributed by atoms with Gasteiger partial charge in [-0.2, -0.15) is 0 Å². The number of rotatable bonds is 2. The molecule has 6 heteroatoms. The van der Waals surface area contributed by atoms with Gasteiger partial charge in [-0.3, -0.25) is 9.59 Å². The van der Waals surface area contributed by atoms with E-state index in [1.807, 2.05) is 18.2 Å². The van der Waals surface area contributed by atoms with Gasteiger partial charge in [0.2, 0.25) is 11.7 Å². The van der Waals surface area contributed by atoms with Gasteiger partial charge >= 0.3 is 0 Å². The van der Waals surface area contributed by atoms with E-state index in [2.05, 4.69) is 5.16 Å². The fraction of sp³-hybridized carbons (Fsp3) is 0.214. The van der Waals surface area contributed by atoms with Crippen molar-refractivity contribution in [2.45, 2.75) is 13.3 Å². The molecule has 0 N–H and O–H groups in total. The average Bonchev–Trinajstić information content (AvgIpc) is 3.04. The van der Waals surface area contributed by atoms with Gasteiger partial charge in [-0.25, -0.2) is 0 Å². The average molecular weight is 291 g/mol. The van der Waals surface area contributed by atoms with Gasteiger partial charge in [-0.15, -0.1) is 0 Å². The zero-order chi connectivity index (χ0) is 14.3. The summed E-state index contributed by atoms with van der Waals surface area (Å²) in [6.07, 6.45) is 0.807. The fourth-order valence-corrected chi connectivity index (χ4v) is 2.48. The highest BCUT2D eigenvalue weighted by Gasteiger charge is 2.23.